The van der Waals surface area contributed by atoms with Crippen LogP contribution in [0.25, 0.3) is 0 Å². The van der Waals surface area contributed by atoms with Crippen molar-refractivity contribution in [3.8, 4) is 5.75 Å². The Morgan fingerprint density at radius 3 is 1.94 bits per heavy atom. The Kier molecular flexibility index (Phi) is 3.42. The lowest BCUT2D eigenvalue weighted by molar-refractivity contribution is 0.415. The lowest BCUT2D eigenvalue weighted by atomic mass is 10.3. The SMILES string of the molecule is COc1ccc([Si](C)c2ccccc2)cc1. The fourth-order valence-electron chi connectivity index (χ4n) is 1.70. The zero-order chi connectivity index (χ0) is 11.4. The van der Waals surface area contributed by atoms with Gasteiger partial charge in [0.2, 0.25) is 0 Å². The first-order chi connectivity index (χ1) is 7.81. The monoisotopic (exact) mass is 227 g/mol. The average Bonchev–Trinajstić information content (AvgIpc) is 2.39. The molecule has 0 aliphatic heterocycles. The molecule has 0 unspecified atom stereocenters. The van der Waals surface area contributed by atoms with E-state index in [-0.39, 0.29) is 0 Å². The van der Waals surface area contributed by atoms with Gasteiger partial charge in [0.25, 0.3) is 0 Å². The van der Waals surface area contributed by atoms with E-state index in [1.165, 1.54) is 10.4 Å². The Hall–Kier alpha value is -1.54. The minimum Gasteiger partial charge on any atom is -0.497 e. The van der Waals surface area contributed by atoms with E-state index in [0.717, 1.165) is 5.75 Å². The van der Waals surface area contributed by atoms with E-state index in [4.69, 9.17) is 4.74 Å². The third-order valence-electron chi connectivity index (χ3n) is 2.73. The van der Waals surface area contributed by atoms with Crippen LogP contribution >= 0.6 is 0 Å². The Morgan fingerprint density at radius 2 is 1.38 bits per heavy atom. The molecule has 0 heterocycles. The van der Waals surface area contributed by atoms with Gasteiger partial charge in [-0.2, -0.15) is 0 Å². The lowest BCUT2D eigenvalue weighted by Crippen LogP contribution is -2.38. The highest BCUT2D eigenvalue weighted by Crippen LogP contribution is 2.06. The minimum absolute atomic E-state index is 0.625. The topological polar surface area (TPSA) is 9.23 Å². The number of methoxy groups -OCH3 is 1. The smallest absolute Gasteiger partial charge is 0.118 e. The Morgan fingerprint density at radius 1 is 0.812 bits per heavy atom. The molecule has 0 bridgehead atoms. The van der Waals surface area contributed by atoms with Gasteiger partial charge in [-0.1, -0.05) is 59.4 Å². The molecule has 0 aliphatic rings. The summed E-state index contributed by atoms with van der Waals surface area (Å²) in [6, 6.07) is 19.1. The van der Waals surface area contributed by atoms with Crippen LogP contribution in [-0.4, -0.2) is 15.9 Å². The van der Waals surface area contributed by atoms with E-state index in [1.807, 2.05) is 12.1 Å². The van der Waals surface area contributed by atoms with Crippen LogP contribution in [0.3, 0.4) is 0 Å². The Balaban J connectivity index is 2.24. The maximum absolute atomic E-state index is 5.17. The summed E-state index contributed by atoms with van der Waals surface area (Å²) in [5.41, 5.74) is 0. The lowest BCUT2D eigenvalue weighted by Gasteiger charge is -2.10. The van der Waals surface area contributed by atoms with Gasteiger partial charge in [-0.05, 0) is 12.1 Å². The quantitative estimate of drug-likeness (QED) is 0.728. The summed E-state index contributed by atoms with van der Waals surface area (Å²) in [5, 5.41) is 2.86. The minimum atomic E-state index is -0.625. The molecular formula is C14H15OSi. The second kappa shape index (κ2) is 4.99. The molecule has 2 heteroatoms. The molecule has 0 N–H and O–H groups in total. The average molecular weight is 227 g/mol. The third-order valence-corrected chi connectivity index (χ3v) is 5.13. The van der Waals surface area contributed by atoms with E-state index < -0.39 is 8.80 Å². The van der Waals surface area contributed by atoms with E-state index in [0.29, 0.717) is 0 Å². The highest BCUT2D eigenvalue weighted by Gasteiger charge is 2.09. The molecule has 0 saturated heterocycles. The molecule has 2 rings (SSSR count). The summed E-state index contributed by atoms with van der Waals surface area (Å²) in [6.07, 6.45) is 0. The molecule has 0 fully saturated rings. The zero-order valence-corrected chi connectivity index (χ0v) is 10.6. The fourth-order valence-corrected chi connectivity index (χ4v) is 3.39. The van der Waals surface area contributed by atoms with Gasteiger partial charge in [-0.15, -0.1) is 0 Å². The predicted octanol–water partition coefficient (Wildman–Crippen LogP) is 1.93. The van der Waals surface area contributed by atoms with Crippen molar-refractivity contribution < 1.29 is 4.74 Å². The van der Waals surface area contributed by atoms with Crippen molar-refractivity contribution in [2.45, 2.75) is 6.55 Å². The van der Waals surface area contributed by atoms with Crippen LogP contribution in [0.5, 0.6) is 5.75 Å². The Bertz CT molecular complexity index is 436. The molecule has 0 atom stereocenters. The van der Waals surface area contributed by atoms with Gasteiger partial charge in [0, 0.05) is 0 Å². The van der Waals surface area contributed by atoms with Gasteiger partial charge in [0.1, 0.15) is 14.5 Å². The van der Waals surface area contributed by atoms with Crippen LogP contribution in [0.4, 0.5) is 0 Å². The van der Waals surface area contributed by atoms with Crippen molar-refractivity contribution >= 4 is 19.2 Å². The van der Waals surface area contributed by atoms with Crippen molar-refractivity contribution in [3.63, 3.8) is 0 Å². The zero-order valence-electron chi connectivity index (χ0n) is 9.60. The van der Waals surface area contributed by atoms with Gasteiger partial charge in [-0.3, -0.25) is 0 Å². The van der Waals surface area contributed by atoms with Crippen molar-refractivity contribution in [1.29, 1.82) is 0 Å². The summed E-state index contributed by atoms with van der Waals surface area (Å²) in [5.74, 6) is 0.923. The normalized spacial score (nSPS) is 10.4. The molecule has 0 aromatic heterocycles. The second-order valence-electron chi connectivity index (χ2n) is 3.72. The maximum Gasteiger partial charge on any atom is 0.118 e. The van der Waals surface area contributed by atoms with Gasteiger partial charge < -0.3 is 4.74 Å². The van der Waals surface area contributed by atoms with E-state index in [1.54, 1.807) is 7.11 Å². The highest BCUT2D eigenvalue weighted by molar-refractivity contribution is 6.84. The molecule has 81 valence electrons. The van der Waals surface area contributed by atoms with Crippen molar-refractivity contribution in [2.75, 3.05) is 7.11 Å². The van der Waals surface area contributed by atoms with Gasteiger partial charge >= 0.3 is 0 Å². The van der Waals surface area contributed by atoms with Crippen LogP contribution in [0.15, 0.2) is 54.6 Å². The maximum atomic E-state index is 5.17. The van der Waals surface area contributed by atoms with Crippen LogP contribution < -0.4 is 15.1 Å². The third kappa shape index (κ3) is 2.34. The standard InChI is InChI=1S/C14H15OSi/c1-15-12-8-10-14(11-9-12)16(2)13-6-4-3-5-7-13/h3-11H,1-2H3. The molecule has 0 spiro atoms. The Labute approximate surface area is 98.3 Å². The molecular weight excluding hydrogens is 212 g/mol. The summed E-state index contributed by atoms with van der Waals surface area (Å²) in [4.78, 5) is 0. The fraction of sp³-hybridized carbons (Fsp3) is 0.143. The molecule has 2 aromatic rings. The van der Waals surface area contributed by atoms with Gasteiger partial charge in [-0.25, -0.2) is 0 Å². The number of benzene rings is 2. The van der Waals surface area contributed by atoms with Crippen molar-refractivity contribution in [3.05, 3.63) is 54.6 Å². The van der Waals surface area contributed by atoms with E-state index in [2.05, 4.69) is 49.0 Å². The molecule has 2 aromatic carbocycles. The molecule has 1 radical (unpaired) electrons. The van der Waals surface area contributed by atoms with E-state index >= 15 is 0 Å². The first-order valence-electron chi connectivity index (χ1n) is 5.34. The number of ether oxygens (including phenoxy) is 1. The van der Waals surface area contributed by atoms with Crippen LogP contribution in [-0.2, 0) is 0 Å². The van der Waals surface area contributed by atoms with Crippen LogP contribution in [0.2, 0.25) is 6.55 Å². The molecule has 0 aliphatic carbocycles. The summed E-state index contributed by atoms with van der Waals surface area (Å²) < 4.78 is 5.17. The largest absolute Gasteiger partial charge is 0.497 e. The predicted molar refractivity (Wildman–Crippen MR) is 70.3 cm³/mol. The van der Waals surface area contributed by atoms with Gasteiger partial charge in [0.05, 0.1) is 7.11 Å². The summed E-state index contributed by atoms with van der Waals surface area (Å²) >= 11 is 0. The van der Waals surface area contributed by atoms with Crippen LogP contribution in [0.1, 0.15) is 0 Å². The van der Waals surface area contributed by atoms with Crippen molar-refractivity contribution in [2.24, 2.45) is 0 Å². The second-order valence-corrected chi connectivity index (χ2v) is 6.12. The summed E-state index contributed by atoms with van der Waals surface area (Å²) in [7, 11) is 1.07. The first kappa shape index (κ1) is 11.0. The number of rotatable bonds is 3. The molecule has 16 heavy (non-hydrogen) atoms. The molecule has 0 saturated carbocycles. The summed E-state index contributed by atoms with van der Waals surface area (Å²) in [6.45, 7) is 2.32. The number of hydrogen-bond acceptors (Lipinski definition) is 1. The molecule has 1 nitrogen and oxygen atoms in total. The molecule has 0 amide bonds. The van der Waals surface area contributed by atoms with E-state index in [9.17, 15) is 0 Å². The first-order valence-corrected chi connectivity index (χ1v) is 7.34. The van der Waals surface area contributed by atoms with Crippen molar-refractivity contribution in [1.82, 2.24) is 0 Å². The van der Waals surface area contributed by atoms with Crippen LogP contribution in [0, 0.1) is 0 Å². The highest BCUT2D eigenvalue weighted by atomic mass is 28.3. The number of hydrogen-bond donors (Lipinski definition) is 0. The van der Waals surface area contributed by atoms with Gasteiger partial charge in [0.15, 0.2) is 0 Å².